The van der Waals surface area contributed by atoms with Gasteiger partial charge in [0.2, 0.25) is 0 Å². The minimum Gasteiger partial charge on any atom is -0.406 e. The van der Waals surface area contributed by atoms with E-state index in [1.165, 1.54) is 36.4 Å². The molecule has 0 spiro atoms. The number of halogens is 6. The summed E-state index contributed by atoms with van der Waals surface area (Å²) >= 11 is 0. The highest BCUT2D eigenvalue weighted by Gasteiger charge is 2.35. The SMILES string of the molecule is CC.CC(C)(O)c1nc(Cc2ccc3c(c2)N(S(=O)c2ccc(OC(F)(F)F)cc2)Cc2ccc(C(F)(F)F)nc2N3)no1. The summed E-state index contributed by atoms with van der Waals surface area (Å²) in [5.41, 5.74) is -1.02. The van der Waals surface area contributed by atoms with Gasteiger partial charge >= 0.3 is 12.5 Å². The van der Waals surface area contributed by atoms with Crippen LogP contribution in [0.25, 0.3) is 0 Å². The molecule has 1 atom stereocenters. The molecular weight excluding hydrogens is 616 g/mol. The van der Waals surface area contributed by atoms with Crippen molar-refractivity contribution in [3.8, 4) is 5.75 Å². The summed E-state index contributed by atoms with van der Waals surface area (Å²) < 4.78 is 102. The number of rotatable bonds is 6. The molecule has 0 radical (unpaired) electrons. The Hall–Kier alpha value is -4.18. The number of aliphatic hydroxyl groups is 1. The van der Waals surface area contributed by atoms with Gasteiger partial charge in [0.05, 0.1) is 22.8 Å². The highest BCUT2D eigenvalue weighted by atomic mass is 32.2. The van der Waals surface area contributed by atoms with E-state index in [9.17, 15) is 35.7 Å². The van der Waals surface area contributed by atoms with Crippen molar-refractivity contribution >= 4 is 28.2 Å². The van der Waals surface area contributed by atoms with Crippen LogP contribution in [0.1, 0.15) is 56.2 Å². The standard InChI is InChI=1S/C26H21F6N5O4S.C2H6/c1-24(2,38)23-35-21(36-41-23)12-14-3-9-18-19(11-14)37(13-15-4-10-20(25(27,28)29)34-22(15)33-18)42(39)17-7-5-16(6-8-17)40-26(30,31)32;1-2/h3-11,38H,12-13H2,1-2H3,(H,33,34);1-2H3. The molecule has 0 aliphatic carbocycles. The van der Waals surface area contributed by atoms with E-state index in [1.807, 2.05) is 13.8 Å². The number of aromatic nitrogens is 3. The molecule has 0 saturated carbocycles. The van der Waals surface area contributed by atoms with Crippen molar-refractivity contribution in [2.75, 3.05) is 9.62 Å². The van der Waals surface area contributed by atoms with Crippen molar-refractivity contribution in [3.63, 3.8) is 0 Å². The van der Waals surface area contributed by atoms with E-state index in [-0.39, 0.29) is 41.1 Å². The summed E-state index contributed by atoms with van der Waals surface area (Å²) in [5, 5.41) is 16.9. The van der Waals surface area contributed by atoms with Gasteiger partial charge in [-0.25, -0.2) is 9.19 Å². The van der Waals surface area contributed by atoms with Crippen molar-refractivity contribution in [1.29, 1.82) is 0 Å². The number of hydrogen-bond donors (Lipinski definition) is 2. The maximum Gasteiger partial charge on any atom is 0.573 e. The Morgan fingerprint density at radius 3 is 2.27 bits per heavy atom. The van der Waals surface area contributed by atoms with Crippen LogP contribution in [0.2, 0.25) is 0 Å². The van der Waals surface area contributed by atoms with E-state index < -0.39 is 40.6 Å². The molecule has 16 heteroatoms. The Labute approximate surface area is 250 Å². The van der Waals surface area contributed by atoms with Gasteiger partial charge < -0.3 is 19.7 Å². The number of nitrogens with one attached hydrogen (secondary N) is 1. The summed E-state index contributed by atoms with van der Waals surface area (Å²) in [7, 11) is -2.04. The van der Waals surface area contributed by atoms with Gasteiger partial charge in [-0.3, -0.25) is 4.31 Å². The molecule has 0 bridgehead atoms. The molecule has 1 aliphatic heterocycles. The van der Waals surface area contributed by atoms with E-state index in [2.05, 4.69) is 25.2 Å². The molecule has 236 valence electrons. The molecule has 1 unspecified atom stereocenters. The van der Waals surface area contributed by atoms with Crippen LogP contribution in [0.3, 0.4) is 0 Å². The molecule has 2 N–H and O–H groups in total. The highest BCUT2D eigenvalue weighted by molar-refractivity contribution is 7.86. The summed E-state index contributed by atoms with van der Waals surface area (Å²) in [6.45, 7) is 6.79. The zero-order valence-electron chi connectivity index (χ0n) is 23.7. The monoisotopic (exact) mass is 643 g/mol. The van der Waals surface area contributed by atoms with Gasteiger partial charge in [-0.15, -0.1) is 13.2 Å². The third-order valence-corrected chi connectivity index (χ3v) is 7.38. The molecule has 9 nitrogen and oxygen atoms in total. The first-order valence-corrected chi connectivity index (χ1v) is 14.3. The Morgan fingerprint density at radius 1 is 1.00 bits per heavy atom. The van der Waals surface area contributed by atoms with E-state index >= 15 is 0 Å². The topological polar surface area (TPSA) is 114 Å². The van der Waals surface area contributed by atoms with Crippen LogP contribution in [0.15, 0.2) is 64.0 Å². The third kappa shape index (κ3) is 7.66. The van der Waals surface area contributed by atoms with Crippen LogP contribution in [-0.4, -0.2) is 30.8 Å². The number of hydrogen-bond acceptors (Lipinski definition) is 8. The highest BCUT2D eigenvalue weighted by Crippen LogP contribution is 2.40. The summed E-state index contributed by atoms with van der Waals surface area (Å²) in [4.78, 5) is 8.02. The number of fused-ring (bicyclic) bond motifs is 2. The molecule has 4 aromatic rings. The second kappa shape index (κ2) is 12.4. The minimum atomic E-state index is -4.91. The fraction of sp³-hybridized carbons (Fsp3) is 0.321. The molecule has 0 amide bonds. The van der Waals surface area contributed by atoms with Gasteiger partial charge in [-0.05, 0) is 61.9 Å². The number of anilines is 3. The summed E-state index contributed by atoms with van der Waals surface area (Å²) in [5.74, 6) is -0.374. The van der Waals surface area contributed by atoms with Gasteiger partial charge in [0.15, 0.2) is 16.8 Å². The van der Waals surface area contributed by atoms with Crippen molar-refractivity contribution in [2.24, 2.45) is 0 Å². The maximum absolute atomic E-state index is 13.8. The van der Waals surface area contributed by atoms with E-state index in [0.29, 0.717) is 16.8 Å². The van der Waals surface area contributed by atoms with Crippen LogP contribution in [-0.2, 0) is 35.7 Å². The zero-order valence-corrected chi connectivity index (χ0v) is 24.6. The van der Waals surface area contributed by atoms with Gasteiger partial charge in [-0.2, -0.15) is 18.2 Å². The van der Waals surface area contributed by atoms with Crippen LogP contribution in [0.4, 0.5) is 43.5 Å². The zero-order chi connectivity index (χ0) is 32.4. The molecule has 3 heterocycles. The minimum absolute atomic E-state index is 0.00315. The van der Waals surface area contributed by atoms with Crippen molar-refractivity contribution in [3.05, 3.63) is 83.1 Å². The third-order valence-electron chi connectivity index (χ3n) is 5.98. The second-order valence-corrected chi connectivity index (χ2v) is 11.1. The Bertz CT molecular complexity index is 1640. The van der Waals surface area contributed by atoms with Crippen molar-refractivity contribution in [2.45, 2.75) is 63.7 Å². The average molecular weight is 644 g/mol. The van der Waals surface area contributed by atoms with Crippen LogP contribution >= 0.6 is 0 Å². The molecule has 5 rings (SSSR count). The number of pyridine rings is 1. The van der Waals surface area contributed by atoms with Crippen LogP contribution in [0, 0.1) is 0 Å². The number of benzene rings is 2. The first-order chi connectivity index (χ1) is 20.6. The van der Waals surface area contributed by atoms with E-state index in [1.54, 1.807) is 18.2 Å². The van der Waals surface area contributed by atoms with Crippen molar-refractivity contribution < 1.29 is 44.9 Å². The predicted molar refractivity (Wildman–Crippen MR) is 148 cm³/mol. The fourth-order valence-corrected chi connectivity index (χ4v) is 5.25. The molecular formula is C28H27F6N5O4S. The average Bonchev–Trinajstić information content (AvgIpc) is 3.36. The molecule has 0 fully saturated rings. The van der Waals surface area contributed by atoms with E-state index in [0.717, 1.165) is 18.2 Å². The lowest BCUT2D eigenvalue weighted by Crippen LogP contribution is -2.25. The lowest BCUT2D eigenvalue weighted by atomic mass is 10.1. The Kier molecular flexibility index (Phi) is 9.25. The van der Waals surface area contributed by atoms with E-state index in [4.69, 9.17) is 4.52 Å². The predicted octanol–water partition coefficient (Wildman–Crippen LogP) is 7.01. The maximum atomic E-state index is 13.8. The molecule has 2 aromatic carbocycles. The second-order valence-electron chi connectivity index (χ2n) is 9.74. The summed E-state index contributed by atoms with van der Waals surface area (Å²) in [6, 6.07) is 11.3. The molecule has 44 heavy (non-hydrogen) atoms. The molecule has 1 aliphatic rings. The first-order valence-electron chi connectivity index (χ1n) is 13.1. The normalized spacial score (nSPS) is 13.9. The molecule has 0 saturated heterocycles. The van der Waals surface area contributed by atoms with Gasteiger partial charge in [0.25, 0.3) is 5.89 Å². The molecule has 2 aromatic heterocycles. The quantitative estimate of drug-likeness (QED) is 0.216. The van der Waals surface area contributed by atoms with Gasteiger partial charge in [0, 0.05) is 12.0 Å². The Balaban J connectivity index is 0.00000216. The lowest BCUT2D eigenvalue weighted by Gasteiger charge is -2.24. The van der Waals surface area contributed by atoms with Crippen LogP contribution < -0.4 is 14.4 Å². The smallest absolute Gasteiger partial charge is 0.406 e. The lowest BCUT2D eigenvalue weighted by molar-refractivity contribution is -0.274. The van der Waals surface area contributed by atoms with Gasteiger partial charge in [-0.1, -0.05) is 31.1 Å². The van der Waals surface area contributed by atoms with Crippen molar-refractivity contribution in [1.82, 2.24) is 15.1 Å². The summed E-state index contributed by atoms with van der Waals surface area (Å²) in [6.07, 6.45) is -9.49. The Morgan fingerprint density at radius 2 is 1.68 bits per heavy atom. The number of alkyl halides is 6. The number of ether oxygens (including phenoxy) is 1. The fourth-order valence-electron chi connectivity index (χ4n) is 4.04. The van der Waals surface area contributed by atoms with Crippen LogP contribution in [0.5, 0.6) is 5.75 Å². The number of nitrogens with zero attached hydrogens (tertiary/aromatic N) is 4. The van der Waals surface area contributed by atoms with Gasteiger partial charge in [0.1, 0.15) is 22.9 Å². The largest absolute Gasteiger partial charge is 0.573 e. The first kappa shape index (κ1) is 32.7.